The molecule has 0 aliphatic carbocycles. The van der Waals surface area contributed by atoms with Gasteiger partial charge in [0.05, 0.1) is 23.3 Å². The Kier molecular flexibility index (Phi) is 6.45. The van der Waals surface area contributed by atoms with Gasteiger partial charge in [0, 0.05) is 22.7 Å². The second-order valence-corrected chi connectivity index (χ2v) is 9.64. The van der Waals surface area contributed by atoms with E-state index in [1.54, 1.807) is 24.3 Å². The van der Waals surface area contributed by atoms with Gasteiger partial charge < -0.3 is 20.9 Å². The quantitative estimate of drug-likeness (QED) is 0.312. The maximum atomic E-state index is 14.6. The first kappa shape index (κ1) is 27.0. The van der Waals surface area contributed by atoms with Crippen LogP contribution in [0.3, 0.4) is 0 Å². The van der Waals surface area contributed by atoms with Crippen molar-refractivity contribution in [3.8, 4) is 17.0 Å². The third kappa shape index (κ3) is 4.39. The number of ether oxygens (including phenoxy) is 1. The fourth-order valence-electron chi connectivity index (χ4n) is 4.54. The molecular formula is C28H22F4N4O4. The van der Waals surface area contributed by atoms with Crippen molar-refractivity contribution >= 4 is 22.7 Å². The lowest BCUT2D eigenvalue weighted by molar-refractivity contribution is -0.265. The number of aromatic nitrogens is 2. The highest BCUT2D eigenvalue weighted by Gasteiger charge is 2.57. The lowest BCUT2D eigenvalue weighted by atomic mass is 9.81. The minimum absolute atomic E-state index is 0.0199. The van der Waals surface area contributed by atoms with E-state index in [0.717, 1.165) is 18.2 Å². The number of rotatable bonds is 6. The molecule has 2 amide bonds. The predicted molar refractivity (Wildman–Crippen MR) is 136 cm³/mol. The first-order chi connectivity index (χ1) is 18.8. The maximum absolute atomic E-state index is 14.6. The number of carbonyl (C=O) groups is 2. The zero-order chi connectivity index (χ0) is 28.9. The van der Waals surface area contributed by atoms with Gasteiger partial charge in [0.1, 0.15) is 29.3 Å². The standard InChI is InChI=1S/C28H22F4N4O4/c1-26(25(33)38)14-40-23-19(26)12-21(36-22(23)15-6-8-16(29)9-7-15)27(39,28(30,31)32)13-35-24(37)18-10-11-34-20-5-3-2-4-17(18)20/h2-12,39H,13-14H2,1H3,(H2,33,38)(H,35,37)/t26-,27-/m0/s1. The van der Waals surface area contributed by atoms with Crippen molar-refractivity contribution in [2.75, 3.05) is 13.2 Å². The smallest absolute Gasteiger partial charge is 0.424 e. The van der Waals surface area contributed by atoms with Crippen molar-refractivity contribution in [2.45, 2.75) is 24.1 Å². The SMILES string of the molecule is C[C@]1(C(N)=O)COc2c1cc([C@@](O)(CNC(=O)c1ccnc3ccccc13)C(F)(F)F)nc2-c1ccc(F)cc1. The summed E-state index contributed by atoms with van der Waals surface area (Å²) in [7, 11) is 0. The van der Waals surface area contributed by atoms with Crippen LogP contribution >= 0.6 is 0 Å². The average molecular weight is 555 g/mol. The molecule has 0 saturated heterocycles. The Morgan fingerprint density at radius 3 is 2.50 bits per heavy atom. The largest absolute Gasteiger partial charge is 0.489 e. The predicted octanol–water partition coefficient (Wildman–Crippen LogP) is 3.75. The second-order valence-electron chi connectivity index (χ2n) is 9.64. The number of hydrogen-bond donors (Lipinski definition) is 3. The van der Waals surface area contributed by atoms with Crippen LogP contribution in [0.4, 0.5) is 17.6 Å². The molecule has 0 spiro atoms. The molecular weight excluding hydrogens is 532 g/mol. The molecule has 0 bridgehead atoms. The molecule has 1 aliphatic rings. The van der Waals surface area contributed by atoms with Gasteiger partial charge in [-0.15, -0.1) is 0 Å². The summed E-state index contributed by atoms with van der Waals surface area (Å²) in [6, 6.07) is 13.5. The number of fused-ring (bicyclic) bond motifs is 2. The van der Waals surface area contributed by atoms with Crippen LogP contribution in [0, 0.1) is 5.82 Å². The van der Waals surface area contributed by atoms with E-state index in [9.17, 15) is 32.3 Å². The molecule has 0 unspecified atom stereocenters. The van der Waals surface area contributed by atoms with Crippen LogP contribution in [0.25, 0.3) is 22.2 Å². The summed E-state index contributed by atoms with van der Waals surface area (Å²) in [4.78, 5) is 33.6. The van der Waals surface area contributed by atoms with Crippen LogP contribution in [0.15, 0.2) is 66.9 Å². The molecule has 206 valence electrons. The molecule has 4 N–H and O–H groups in total. The Labute approximate surface area is 224 Å². The first-order valence-corrected chi connectivity index (χ1v) is 12.0. The van der Waals surface area contributed by atoms with Crippen molar-refractivity contribution in [3.63, 3.8) is 0 Å². The zero-order valence-electron chi connectivity index (χ0n) is 20.9. The Bertz CT molecular complexity index is 1640. The number of hydrogen-bond acceptors (Lipinski definition) is 6. The summed E-state index contributed by atoms with van der Waals surface area (Å²) in [5.74, 6) is -2.38. The molecule has 5 rings (SSSR count). The molecule has 2 atom stereocenters. The van der Waals surface area contributed by atoms with Gasteiger partial charge in [0.15, 0.2) is 0 Å². The van der Waals surface area contributed by atoms with Crippen LogP contribution in [-0.4, -0.2) is 46.2 Å². The number of nitrogens with one attached hydrogen (secondary N) is 1. The van der Waals surface area contributed by atoms with Crippen molar-refractivity contribution in [1.29, 1.82) is 0 Å². The number of nitrogens with two attached hydrogens (primary N) is 1. The molecule has 3 heterocycles. The topological polar surface area (TPSA) is 127 Å². The van der Waals surface area contributed by atoms with Gasteiger partial charge in [-0.05, 0) is 49.4 Å². The van der Waals surface area contributed by atoms with Crippen LogP contribution < -0.4 is 15.8 Å². The van der Waals surface area contributed by atoms with Crippen LogP contribution in [-0.2, 0) is 15.8 Å². The molecule has 0 saturated carbocycles. The molecule has 0 radical (unpaired) electrons. The number of pyridine rings is 2. The van der Waals surface area contributed by atoms with Crippen LogP contribution in [0.2, 0.25) is 0 Å². The molecule has 8 nitrogen and oxygen atoms in total. The molecule has 0 fully saturated rings. The number of carbonyl (C=O) groups excluding carboxylic acids is 2. The van der Waals surface area contributed by atoms with Gasteiger partial charge >= 0.3 is 6.18 Å². The first-order valence-electron chi connectivity index (χ1n) is 12.0. The highest BCUT2D eigenvalue weighted by molar-refractivity contribution is 6.06. The second kappa shape index (κ2) is 9.56. The van der Waals surface area contributed by atoms with Gasteiger partial charge in [-0.1, -0.05) is 18.2 Å². The van der Waals surface area contributed by atoms with Crippen LogP contribution in [0.1, 0.15) is 28.5 Å². The van der Waals surface area contributed by atoms with E-state index in [-0.39, 0.29) is 34.7 Å². The lowest BCUT2D eigenvalue weighted by Gasteiger charge is -2.31. The highest BCUT2D eigenvalue weighted by atomic mass is 19.4. The van der Waals surface area contributed by atoms with E-state index >= 15 is 0 Å². The third-order valence-electron chi connectivity index (χ3n) is 7.03. The zero-order valence-corrected chi connectivity index (χ0v) is 20.9. The van der Waals surface area contributed by atoms with Crippen LogP contribution in [0.5, 0.6) is 5.75 Å². The van der Waals surface area contributed by atoms with Crippen molar-refractivity contribution in [2.24, 2.45) is 5.73 Å². The molecule has 40 heavy (non-hydrogen) atoms. The van der Waals surface area contributed by atoms with Gasteiger partial charge in [-0.3, -0.25) is 14.6 Å². The maximum Gasteiger partial charge on any atom is 0.424 e. The van der Waals surface area contributed by atoms with E-state index in [1.807, 2.05) is 0 Å². The number of para-hydroxylation sites is 1. The summed E-state index contributed by atoms with van der Waals surface area (Å²) in [6.45, 7) is -0.204. The number of amides is 2. The number of halogens is 4. The van der Waals surface area contributed by atoms with E-state index in [4.69, 9.17) is 10.5 Å². The third-order valence-corrected chi connectivity index (χ3v) is 7.03. The van der Waals surface area contributed by atoms with Gasteiger partial charge in [0.25, 0.3) is 5.91 Å². The molecule has 2 aromatic heterocycles. The Morgan fingerprint density at radius 2 is 1.82 bits per heavy atom. The average Bonchev–Trinajstić information content (AvgIpc) is 3.28. The van der Waals surface area contributed by atoms with Crippen molar-refractivity contribution < 1.29 is 37.0 Å². The Balaban J connectivity index is 1.61. The van der Waals surface area contributed by atoms with Gasteiger partial charge in [-0.2, -0.15) is 13.2 Å². The summed E-state index contributed by atoms with van der Waals surface area (Å²) in [5, 5.41) is 13.7. The monoisotopic (exact) mass is 554 g/mol. The number of nitrogens with zero attached hydrogens (tertiary/aromatic N) is 2. The summed E-state index contributed by atoms with van der Waals surface area (Å²) in [5.41, 5.74) is -0.0890. The van der Waals surface area contributed by atoms with Crippen molar-refractivity contribution in [1.82, 2.24) is 15.3 Å². The van der Waals surface area contributed by atoms with E-state index in [1.165, 1.54) is 31.3 Å². The number of primary amides is 1. The van der Waals surface area contributed by atoms with Crippen molar-refractivity contribution in [3.05, 3.63) is 89.5 Å². The number of benzene rings is 2. The lowest BCUT2D eigenvalue weighted by Crippen LogP contribution is -2.51. The fraction of sp³-hybridized carbons (Fsp3) is 0.214. The molecule has 1 aliphatic heterocycles. The minimum Gasteiger partial charge on any atom is -0.489 e. The van der Waals surface area contributed by atoms with E-state index < -0.39 is 47.1 Å². The highest BCUT2D eigenvalue weighted by Crippen LogP contribution is 2.47. The Morgan fingerprint density at radius 1 is 1.12 bits per heavy atom. The minimum atomic E-state index is -5.33. The molecule has 12 heteroatoms. The van der Waals surface area contributed by atoms with Gasteiger partial charge in [-0.25, -0.2) is 9.37 Å². The normalized spacial score (nSPS) is 18.1. The molecule has 4 aromatic rings. The number of aliphatic hydroxyl groups is 1. The van der Waals surface area contributed by atoms with Gasteiger partial charge in [0.2, 0.25) is 11.5 Å². The molecule has 2 aromatic carbocycles. The number of alkyl halides is 3. The summed E-state index contributed by atoms with van der Waals surface area (Å²) >= 11 is 0. The Hall–Kier alpha value is -4.58. The summed E-state index contributed by atoms with van der Waals surface area (Å²) in [6.07, 6.45) is -3.99. The summed E-state index contributed by atoms with van der Waals surface area (Å²) < 4.78 is 62.9. The fourth-order valence-corrected chi connectivity index (χ4v) is 4.54. The van der Waals surface area contributed by atoms with E-state index in [0.29, 0.717) is 10.9 Å². The van der Waals surface area contributed by atoms with E-state index in [2.05, 4.69) is 15.3 Å².